The number of aliphatic hydroxyl groups is 5. The van der Waals surface area contributed by atoms with Crippen molar-refractivity contribution in [3.63, 3.8) is 0 Å². The third kappa shape index (κ3) is 39.7. The van der Waals surface area contributed by atoms with Crippen LogP contribution in [-0.2, 0) is 23.8 Å². The van der Waals surface area contributed by atoms with Gasteiger partial charge < -0.3 is 45.1 Å². The number of ether oxygens (including phenoxy) is 3. The molecule has 1 aliphatic rings. The number of carbonyl (C=O) groups excluding carboxylic acids is 2. The lowest BCUT2D eigenvalue weighted by Crippen LogP contribution is -2.61. The fraction of sp³-hybridized carbons (Fsp3) is 0.937. The first-order valence-electron chi connectivity index (χ1n) is 32.0. The predicted molar refractivity (Wildman–Crippen MR) is 306 cm³/mol. The number of nitrogens with one attached hydrogen (secondary N) is 1. The smallest absolute Gasteiger partial charge is 0.306 e. The van der Waals surface area contributed by atoms with Crippen LogP contribution in [0, 0.1) is 0 Å². The number of hydrogen-bond donors (Lipinski definition) is 6. The number of allylic oxidation sites excluding steroid dienone is 1. The Morgan fingerprint density at radius 3 is 1.27 bits per heavy atom. The lowest BCUT2D eigenvalue weighted by Gasteiger charge is -2.41. The second kappa shape index (κ2) is 52.1. The molecule has 8 unspecified atom stereocenters. The molecule has 0 radical (unpaired) electrons. The number of aliphatic hydroxyl groups excluding tert-OH is 5. The van der Waals surface area contributed by atoms with E-state index in [1.165, 1.54) is 212 Å². The molecular formula is C63H121NO10. The van der Waals surface area contributed by atoms with E-state index in [1.54, 1.807) is 6.08 Å². The summed E-state index contributed by atoms with van der Waals surface area (Å²) in [6.07, 6.45) is 48.3. The summed E-state index contributed by atoms with van der Waals surface area (Å²) >= 11 is 0. The first-order valence-corrected chi connectivity index (χ1v) is 32.0. The number of rotatable bonds is 55. The molecule has 0 aliphatic carbocycles. The second-order valence-electron chi connectivity index (χ2n) is 22.5. The van der Waals surface area contributed by atoms with Gasteiger partial charge in [0.15, 0.2) is 12.4 Å². The van der Waals surface area contributed by atoms with Crippen molar-refractivity contribution < 1.29 is 49.3 Å². The molecule has 0 aromatic heterocycles. The molecule has 0 aromatic rings. The standard InChI is InChI=1S/C63H121NO10/c1-4-7-10-13-16-19-22-25-26-27-28-29-30-31-33-35-38-41-44-47-50-56(67)62(71)64-54(55(66)49-46-43-40-37-34-24-21-18-15-12-9-6-3)53-72-63-61(60(70)59(69)57(52-65)73-63)74-58(68)51-48-45-42-39-36-32-23-20-17-14-11-8-5-2/h46,49,54-57,59-61,63,65-67,69-70H,4-45,47-48,50-53H2,1-3H3,(H,64,71)/b49-46+. The summed E-state index contributed by atoms with van der Waals surface area (Å²) in [5, 5.41) is 57.0. The molecule has 1 amide bonds. The molecule has 1 aliphatic heterocycles. The molecule has 1 fully saturated rings. The largest absolute Gasteiger partial charge is 0.454 e. The quantitative estimate of drug-likeness (QED) is 0.0195. The number of unbranched alkanes of at least 4 members (excludes halogenated alkanes) is 41. The summed E-state index contributed by atoms with van der Waals surface area (Å²) in [6, 6.07) is -1.02. The third-order valence-electron chi connectivity index (χ3n) is 15.4. The average molecular weight is 1050 g/mol. The van der Waals surface area contributed by atoms with Crippen molar-refractivity contribution >= 4 is 11.9 Å². The zero-order chi connectivity index (χ0) is 54.0. The summed E-state index contributed by atoms with van der Waals surface area (Å²) in [5.41, 5.74) is 0. The average Bonchev–Trinajstić information content (AvgIpc) is 3.40. The van der Waals surface area contributed by atoms with Crippen LogP contribution in [0.15, 0.2) is 12.2 Å². The molecule has 0 spiro atoms. The second-order valence-corrected chi connectivity index (χ2v) is 22.5. The highest BCUT2D eigenvalue weighted by Crippen LogP contribution is 2.26. The Balaban J connectivity index is 2.63. The molecule has 0 saturated carbocycles. The molecule has 8 atom stereocenters. The predicted octanol–water partition coefficient (Wildman–Crippen LogP) is 15.1. The van der Waals surface area contributed by atoms with Crippen molar-refractivity contribution in [3.05, 3.63) is 12.2 Å². The Labute approximate surface area is 455 Å². The van der Waals surface area contributed by atoms with E-state index in [2.05, 4.69) is 26.1 Å². The molecule has 1 rings (SSSR count). The molecule has 11 heteroatoms. The van der Waals surface area contributed by atoms with Gasteiger partial charge in [0, 0.05) is 6.42 Å². The highest BCUT2D eigenvalue weighted by molar-refractivity contribution is 5.80. The van der Waals surface area contributed by atoms with Gasteiger partial charge in [0.25, 0.3) is 0 Å². The fourth-order valence-electron chi connectivity index (χ4n) is 10.4. The molecular weight excluding hydrogens is 931 g/mol. The molecule has 1 heterocycles. The maximum absolute atomic E-state index is 13.4. The lowest BCUT2D eigenvalue weighted by atomic mass is 9.99. The van der Waals surface area contributed by atoms with E-state index in [9.17, 15) is 35.1 Å². The summed E-state index contributed by atoms with van der Waals surface area (Å²) in [5.74, 6) is -1.18. The summed E-state index contributed by atoms with van der Waals surface area (Å²) < 4.78 is 17.6. The van der Waals surface area contributed by atoms with Crippen molar-refractivity contribution in [3.8, 4) is 0 Å². The van der Waals surface area contributed by atoms with Crippen LogP contribution in [0.25, 0.3) is 0 Å². The normalized spacial score (nSPS) is 19.3. The molecule has 11 nitrogen and oxygen atoms in total. The van der Waals surface area contributed by atoms with E-state index in [1.807, 2.05) is 6.08 Å². The number of hydrogen-bond acceptors (Lipinski definition) is 10. The minimum absolute atomic E-state index is 0.131. The van der Waals surface area contributed by atoms with Crippen molar-refractivity contribution in [2.75, 3.05) is 13.2 Å². The van der Waals surface area contributed by atoms with Crippen LogP contribution < -0.4 is 5.32 Å². The van der Waals surface area contributed by atoms with Crippen LogP contribution in [0.5, 0.6) is 0 Å². The van der Waals surface area contributed by atoms with E-state index < -0.39 is 67.4 Å². The van der Waals surface area contributed by atoms with Crippen molar-refractivity contribution in [2.45, 2.75) is 365 Å². The first kappa shape index (κ1) is 70.4. The number of carbonyl (C=O) groups is 2. The van der Waals surface area contributed by atoms with Gasteiger partial charge in [0.2, 0.25) is 5.91 Å². The lowest BCUT2D eigenvalue weighted by molar-refractivity contribution is -0.305. The minimum Gasteiger partial charge on any atom is -0.454 e. The minimum atomic E-state index is -1.61. The van der Waals surface area contributed by atoms with Gasteiger partial charge in [-0.1, -0.05) is 296 Å². The zero-order valence-electron chi connectivity index (χ0n) is 48.5. The van der Waals surface area contributed by atoms with E-state index in [0.29, 0.717) is 19.3 Å². The Kier molecular flexibility index (Phi) is 49.6. The van der Waals surface area contributed by atoms with E-state index in [0.717, 1.165) is 57.8 Å². The Bertz CT molecular complexity index is 1250. The van der Waals surface area contributed by atoms with Crippen LogP contribution in [0.3, 0.4) is 0 Å². The highest BCUT2D eigenvalue weighted by Gasteiger charge is 2.47. The van der Waals surface area contributed by atoms with E-state index in [-0.39, 0.29) is 13.0 Å². The summed E-state index contributed by atoms with van der Waals surface area (Å²) in [7, 11) is 0. The molecule has 6 N–H and O–H groups in total. The molecule has 438 valence electrons. The maximum atomic E-state index is 13.4. The maximum Gasteiger partial charge on any atom is 0.306 e. The van der Waals surface area contributed by atoms with Gasteiger partial charge in [0.05, 0.1) is 25.4 Å². The van der Waals surface area contributed by atoms with E-state index in [4.69, 9.17) is 14.2 Å². The summed E-state index contributed by atoms with van der Waals surface area (Å²) in [6.45, 7) is 5.82. The van der Waals surface area contributed by atoms with Crippen LogP contribution >= 0.6 is 0 Å². The van der Waals surface area contributed by atoms with Crippen molar-refractivity contribution in [1.82, 2.24) is 5.32 Å². The SMILES string of the molecule is CCCCCCCCCCCC/C=C/C(O)C(COC1OC(CO)C(O)C(O)C1OC(=O)CCCCCCCCCCCCCCC)NC(=O)C(O)CCCCCCCCCCCCCCCCCCCCCC. The first-order chi connectivity index (χ1) is 36.2. The van der Waals surface area contributed by atoms with Crippen molar-refractivity contribution in [1.29, 1.82) is 0 Å². The molecule has 0 bridgehead atoms. The van der Waals surface area contributed by atoms with Crippen LogP contribution in [0.4, 0.5) is 0 Å². The molecule has 1 saturated heterocycles. The third-order valence-corrected chi connectivity index (χ3v) is 15.4. The molecule has 74 heavy (non-hydrogen) atoms. The van der Waals surface area contributed by atoms with Crippen LogP contribution in [0.2, 0.25) is 0 Å². The van der Waals surface area contributed by atoms with Gasteiger partial charge in [-0.3, -0.25) is 9.59 Å². The highest BCUT2D eigenvalue weighted by atomic mass is 16.7. The topological polar surface area (TPSA) is 175 Å². The van der Waals surface area contributed by atoms with Crippen LogP contribution in [-0.4, -0.2) is 99.6 Å². The number of amides is 1. The zero-order valence-corrected chi connectivity index (χ0v) is 48.5. The Morgan fingerprint density at radius 2 is 0.878 bits per heavy atom. The number of esters is 1. The van der Waals surface area contributed by atoms with Gasteiger partial charge in [-0.15, -0.1) is 0 Å². The summed E-state index contributed by atoms with van der Waals surface area (Å²) in [4.78, 5) is 26.5. The van der Waals surface area contributed by atoms with Gasteiger partial charge in [-0.2, -0.15) is 0 Å². The van der Waals surface area contributed by atoms with E-state index >= 15 is 0 Å². The van der Waals surface area contributed by atoms with Gasteiger partial charge >= 0.3 is 5.97 Å². The van der Waals surface area contributed by atoms with Crippen LogP contribution in [0.1, 0.15) is 316 Å². The monoisotopic (exact) mass is 1050 g/mol. The molecule has 0 aromatic carbocycles. The Morgan fingerprint density at radius 1 is 0.514 bits per heavy atom. The van der Waals surface area contributed by atoms with Gasteiger partial charge in [-0.05, 0) is 25.7 Å². The van der Waals surface area contributed by atoms with Gasteiger partial charge in [0.1, 0.15) is 24.4 Å². The van der Waals surface area contributed by atoms with Crippen molar-refractivity contribution in [2.24, 2.45) is 0 Å². The Hall–Kier alpha value is -1.60. The fourth-order valence-corrected chi connectivity index (χ4v) is 10.4. The van der Waals surface area contributed by atoms with Gasteiger partial charge in [-0.25, -0.2) is 0 Å².